The van der Waals surface area contributed by atoms with Crippen LogP contribution in [0.4, 0.5) is 10.1 Å². The van der Waals surface area contributed by atoms with Crippen molar-refractivity contribution in [2.24, 2.45) is 0 Å². The Kier molecular flexibility index (Phi) is 4.64. The molecule has 2 aliphatic heterocycles. The Labute approximate surface area is 191 Å². The van der Waals surface area contributed by atoms with Gasteiger partial charge in [-0.3, -0.25) is 9.59 Å². The molecule has 1 unspecified atom stereocenters. The zero-order valence-corrected chi connectivity index (χ0v) is 18.3. The summed E-state index contributed by atoms with van der Waals surface area (Å²) in [6, 6.07) is 10.3. The number of fused-ring (bicyclic) bond motifs is 4. The van der Waals surface area contributed by atoms with Crippen LogP contribution in [0, 0.1) is 5.82 Å². The molecule has 0 fully saturated rings. The Morgan fingerprint density at radius 3 is 2.73 bits per heavy atom. The number of benzene rings is 2. The van der Waals surface area contributed by atoms with Crippen molar-refractivity contribution in [2.45, 2.75) is 43.9 Å². The molecule has 6 heteroatoms. The van der Waals surface area contributed by atoms with Crippen molar-refractivity contribution in [3.8, 4) is 5.75 Å². The number of para-hydroxylation sites is 1. The van der Waals surface area contributed by atoms with E-state index >= 15 is 0 Å². The van der Waals surface area contributed by atoms with Crippen LogP contribution in [0.5, 0.6) is 5.75 Å². The molecule has 33 heavy (non-hydrogen) atoms. The van der Waals surface area contributed by atoms with Gasteiger partial charge in [0, 0.05) is 11.3 Å². The van der Waals surface area contributed by atoms with Crippen molar-refractivity contribution < 1.29 is 18.7 Å². The first-order valence-electron chi connectivity index (χ1n) is 11.6. The van der Waals surface area contributed by atoms with Crippen LogP contribution < -0.4 is 10.1 Å². The number of hydrogen-bond donors (Lipinski definition) is 1. The average Bonchev–Trinajstić information content (AvgIpc) is 3.31. The zero-order valence-electron chi connectivity index (χ0n) is 18.3. The SMILES string of the molecule is O=C(CN1C(=O)C2(COc3cc4c(cc32)CCCC4)C2=C1CCC=C2)Nc1ccccc1F. The summed E-state index contributed by atoms with van der Waals surface area (Å²) in [6.45, 7) is 0.0977. The third kappa shape index (κ3) is 3.04. The van der Waals surface area contributed by atoms with Gasteiger partial charge in [0.2, 0.25) is 11.8 Å². The number of nitrogens with zero attached hydrogens (tertiary/aromatic N) is 1. The molecular weight excluding hydrogens is 419 g/mol. The molecular formula is C27H25FN2O3. The van der Waals surface area contributed by atoms with Crippen molar-refractivity contribution >= 4 is 17.5 Å². The maximum Gasteiger partial charge on any atom is 0.246 e. The smallest absolute Gasteiger partial charge is 0.246 e. The third-order valence-corrected chi connectivity index (χ3v) is 7.34. The minimum Gasteiger partial charge on any atom is -0.491 e. The van der Waals surface area contributed by atoms with Crippen LogP contribution in [0.2, 0.25) is 0 Å². The first-order valence-corrected chi connectivity index (χ1v) is 11.6. The molecule has 0 aromatic heterocycles. The number of hydrogen-bond acceptors (Lipinski definition) is 3. The van der Waals surface area contributed by atoms with Crippen LogP contribution in [0.1, 0.15) is 42.4 Å². The highest BCUT2D eigenvalue weighted by atomic mass is 19.1. The summed E-state index contributed by atoms with van der Waals surface area (Å²) in [5, 5.41) is 2.61. The predicted octanol–water partition coefficient (Wildman–Crippen LogP) is 4.42. The first-order chi connectivity index (χ1) is 16.1. The van der Waals surface area contributed by atoms with E-state index in [4.69, 9.17) is 4.74 Å². The normalized spacial score (nSPS) is 22.8. The van der Waals surface area contributed by atoms with Crippen LogP contribution in [0.15, 0.2) is 59.8 Å². The van der Waals surface area contributed by atoms with Crippen molar-refractivity contribution in [1.29, 1.82) is 0 Å². The lowest BCUT2D eigenvalue weighted by molar-refractivity contribution is -0.135. The minimum absolute atomic E-state index is 0.114. The number of aryl methyl sites for hydroxylation is 2. The Hall–Kier alpha value is -3.41. The van der Waals surface area contributed by atoms with Gasteiger partial charge in [0.15, 0.2) is 0 Å². The van der Waals surface area contributed by atoms with Gasteiger partial charge < -0.3 is 15.0 Å². The monoisotopic (exact) mass is 444 g/mol. The average molecular weight is 445 g/mol. The lowest BCUT2D eigenvalue weighted by atomic mass is 9.73. The number of halogens is 1. The summed E-state index contributed by atoms with van der Waals surface area (Å²) in [5.41, 5.74) is 4.55. The number of ether oxygens (including phenoxy) is 1. The van der Waals surface area contributed by atoms with E-state index in [9.17, 15) is 14.0 Å². The molecule has 0 bridgehead atoms. The Morgan fingerprint density at radius 2 is 1.91 bits per heavy atom. The summed E-state index contributed by atoms with van der Waals surface area (Å²) in [4.78, 5) is 28.4. The molecule has 0 radical (unpaired) electrons. The summed E-state index contributed by atoms with van der Waals surface area (Å²) in [5.74, 6) is -0.264. The number of carbonyl (C=O) groups is 2. The Bertz CT molecular complexity index is 1250. The molecule has 2 heterocycles. The molecule has 0 saturated heterocycles. The number of allylic oxidation sites excluding steroid dienone is 3. The van der Waals surface area contributed by atoms with Gasteiger partial charge in [-0.05, 0) is 73.4 Å². The fourth-order valence-corrected chi connectivity index (χ4v) is 5.73. The van der Waals surface area contributed by atoms with Gasteiger partial charge in [0.1, 0.15) is 30.1 Å². The van der Waals surface area contributed by atoms with Gasteiger partial charge in [-0.2, -0.15) is 0 Å². The van der Waals surface area contributed by atoms with Crippen LogP contribution >= 0.6 is 0 Å². The van der Waals surface area contributed by atoms with E-state index in [1.807, 2.05) is 6.08 Å². The van der Waals surface area contributed by atoms with Gasteiger partial charge in [0.05, 0.1) is 5.69 Å². The minimum atomic E-state index is -0.910. The maximum atomic E-state index is 14.0. The van der Waals surface area contributed by atoms with E-state index in [1.54, 1.807) is 17.0 Å². The van der Waals surface area contributed by atoms with Crippen molar-refractivity contribution in [1.82, 2.24) is 4.90 Å². The topological polar surface area (TPSA) is 58.6 Å². The number of nitrogens with one attached hydrogen (secondary N) is 1. The lowest BCUT2D eigenvalue weighted by Crippen LogP contribution is -2.44. The van der Waals surface area contributed by atoms with E-state index in [2.05, 4.69) is 23.5 Å². The highest BCUT2D eigenvalue weighted by Crippen LogP contribution is 2.53. The standard InChI is InChI=1S/C27H25FN2O3/c28-21-10-4-5-11-22(21)29-25(31)15-30-23-12-6-3-9-19(23)27(26(30)32)16-33-24-14-18-8-2-1-7-17(18)13-20(24)27/h3-5,9-11,13-14H,1-2,6-8,12,15-16H2,(H,29,31). The van der Waals surface area contributed by atoms with Gasteiger partial charge in [-0.25, -0.2) is 4.39 Å². The molecule has 2 amide bonds. The molecule has 4 aliphatic rings. The molecule has 2 aromatic carbocycles. The van der Waals surface area contributed by atoms with E-state index in [1.165, 1.54) is 29.7 Å². The summed E-state index contributed by atoms with van der Waals surface area (Å²) in [6.07, 6.45) is 10.0. The van der Waals surface area contributed by atoms with E-state index in [0.29, 0.717) is 6.42 Å². The second-order valence-corrected chi connectivity index (χ2v) is 9.24. The molecule has 1 N–H and O–H groups in total. The second-order valence-electron chi connectivity index (χ2n) is 9.24. The van der Waals surface area contributed by atoms with Crippen LogP contribution in [-0.4, -0.2) is 29.9 Å². The van der Waals surface area contributed by atoms with E-state index in [0.717, 1.165) is 48.3 Å². The highest BCUT2D eigenvalue weighted by Gasteiger charge is 2.58. The Morgan fingerprint density at radius 1 is 1.12 bits per heavy atom. The van der Waals surface area contributed by atoms with Crippen molar-refractivity contribution in [3.63, 3.8) is 0 Å². The molecule has 168 valence electrons. The molecule has 2 aromatic rings. The fourth-order valence-electron chi connectivity index (χ4n) is 5.73. The zero-order chi connectivity index (χ0) is 22.6. The van der Waals surface area contributed by atoms with E-state index < -0.39 is 17.1 Å². The van der Waals surface area contributed by atoms with Crippen LogP contribution in [0.25, 0.3) is 0 Å². The summed E-state index contributed by atoms with van der Waals surface area (Å²) < 4.78 is 20.1. The van der Waals surface area contributed by atoms with Crippen LogP contribution in [-0.2, 0) is 27.8 Å². The van der Waals surface area contributed by atoms with Gasteiger partial charge in [0.25, 0.3) is 0 Å². The van der Waals surface area contributed by atoms with Crippen molar-refractivity contribution in [3.05, 3.63) is 82.3 Å². The molecule has 0 saturated carbocycles. The fraction of sp³-hybridized carbons (Fsp3) is 0.333. The quantitative estimate of drug-likeness (QED) is 0.763. The molecule has 1 spiro atoms. The van der Waals surface area contributed by atoms with Gasteiger partial charge >= 0.3 is 0 Å². The molecule has 5 nitrogen and oxygen atoms in total. The third-order valence-electron chi connectivity index (χ3n) is 7.34. The highest BCUT2D eigenvalue weighted by molar-refractivity contribution is 6.03. The molecule has 6 rings (SSSR count). The first kappa shape index (κ1) is 20.2. The number of anilines is 1. The largest absolute Gasteiger partial charge is 0.491 e. The lowest BCUT2D eigenvalue weighted by Gasteiger charge is -2.26. The van der Waals surface area contributed by atoms with E-state index in [-0.39, 0.29) is 24.7 Å². The number of carbonyl (C=O) groups excluding carboxylic acids is 2. The predicted molar refractivity (Wildman–Crippen MR) is 122 cm³/mol. The Balaban J connectivity index is 1.36. The number of rotatable bonds is 3. The molecule has 2 aliphatic carbocycles. The van der Waals surface area contributed by atoms with Crippen LogP contribution in [0.3, 0.4) is 0 Å². The van der Waals surface area contributed by atoms with Gasteiger partial charge in [-0.1, -0.05) is 30.4 Å². The van der Waals surface area contributed by atoms with Gasteiger partial charge in [-0.15, -0.1) is 0 Å². The molecule has 1 atom stereocenters. The van der Waals surface area contributed by atoms with Crippen molar-refractivity contribution in [2.75, 3.05) is 18.5 Å². The maximum absolute atomic E-state index is 14.0. The summed E-state index contributed by atoms with van der Waals surface area (Å²) in [7, 11) is 0. The summed E-state index contributed by atoms with van der Waals surface area (Å²) >= 11 is 0. The second kappa shape index (κ2) is 7.58. The number of amides is 2.